The summed E-state index contributed by atoms with van der Waals surface area (Å²) in [5.74, 6) is 2.04. The van der Waals surface area contributed by atoms with E-state index in [9.17, 15) is 4.79 Å². The van der Waals surface area contributed by atoms with Gasteiger partial charge in [0.15, 0.2) is 23.8 Å². The largest absolute Gasteiger partial charge is 0.486 e. The lowest BCUT2D eigenvalue weighted by Gasteiger charge is -2.46. The highest BCUT2D eigenvalue weighted by Gasteiger charge is 2.46. The number of amides is 1. The molecule has 35 heavy (non-hydrogen) atoms. The van der Waals surface area contributed by atoms with Gasteiger partial charge in [0.1, 0.15) is 13.2 Å². The first-order valence-electron chi connectivity index (χ1n) is 12.5. The van der Waals surface area contributed by atoms with Crippen LogP contribution < -0.4 is 14.2 Å². The molecule has 1 fully saturated rings. The Morgan fingerprint density at radius 3 is 2.60 bits per heavy atom. The number of hydrogen-bond acceptors (Lipinski definition) is 6. The summed E-state index contributed by atoms with van der Waals surface area (Å²) in [4.78, 5) is 20.2. The van der Waals surface area contributed by atoms with Crippen molar-refractivity contribution in [2.24, 2.45) is 7.05 Å². The topological polar surface area (TPSA) is 78.7 Å². The molecule has 8 heteroatoms. The van der Waals surface area contributed by atoms with E-state index in [0.717, 1.165) is 52.2 Å². The van der Waals surface area contributed by atoms with Crippen molar-refractivity contribution in [3.8, 4) is 17.4 Å². The van der Waals surface area contributed by atoms with Crippen molar-refractivity contribution in [1.29, 1.82) is 0 Å². The molecule has 2 aliphatic heterocycles. The van der Waals surface area contributed by atoms with Crippen LogP contribution in [0.4, 0.5) is 0 Å². The summed E-state index contributed by atoms with van der Waals surface area (Å²) in [5, 5.41) is 5.37. The highest BCUT2D eigenvalue weighted by molar-refractivity contribution is 5.86. The lowest BCUT2D eigenvalue weighted by Crippen LogP contribution is -2.50. The smallest absolute Gasteiger partial charge is 0.261 e. The summed E-state index contributed by atoms with van der Waals surface area (Å²) >= 11 is 0. The second-order valence-electron chi connectivity index (χ2n) is 10.3. The molecule has 1 amide bonds. The minimum Gasteiger partial charge on any atom is -0.486 e. The predicted molar refractivity (Wildman–Crippen MR) is 131 cm³/mol. The van der Waals surface area contributed by atoms with Crippen LogP contribution in [0.25, 0.3) is 11.0 Å². The van der Waals surface area contributed by atoms with Crippen molar-refractivity contribution in [2.75, 3.05) is 26.4 Å². The van der Waals surface area contributed by atoms with E-state index in [1.165, 1.54) is 18.4 Å². The molecule has 0 saturated heterocycles. The van der Waals surface area contributed by atoms with Crippen LogP contribution in [0.1, 0.15) is 61.0 Å². The van der Waals surface area contributed by atoms with Gasteiger partial charge < -0.3 is 19.1 Å². The molecule has 0 N–H and O–H groups in total. The van der Waals surface area contributed by atoms with Gasteiger partial charge in [0.05, 0.1) is 11.4 Å². The van der Waals surface area contributed by atoms with Crippen LogP contribution in [-0.4, -0.2) is 51.9 Å². The molecule has 4 heterocycles. The van der Waals surface area contributed by atoms with E-state index in [1.807, 2.05) is 31.9 Å². The van der Waals surface area contributed by atoms with Crippen molar-refractivity contribution in [1.82, 2.24) is 19.7 Å². The minimum absolute atomic E-state index is 0.0270. The number of benzene rings is 1. The molecule has 8 nitrogen and oxygen atoms in total. The second kappa shape index (κ2) is 8.14. The Morgan fingerprint density at radius 1 is 1.14 bits per heavy atom. The van der Waals surface area contributed by atoms with Crippen molar-refractivity contribution in [3.05, 3.63) is 40.6 Å². The maximum absolute atomic E-state index is 13.6. The summed E-state index contributed by atoms with van der Waals surface area (Å²) in [6.07, 6.45) is 4.50. The molecular weight excluding hydrogens is 444 g/mol. The Bertz CT molecular complexity index is 1320. The molecule has 184 valence electrons. The molecule has 2 aromatic heterocycles. The number of hydrogen-bond donors (Lipinski definition) is 0. The molecule has 6 rings (SSSR count). The molecule has 0 radical (unpaired) electrons. The number of aryl methyl sites for hydroxylation is 3. The van der Waals surface area contributed by atoms with Gasteiger partial charge >= 0.3 is 0 Å². The Balaban J connectivity index is 1.30. The standard InChI is InChI=1S/C27H32N4O4/c1-16-11-17(2)28-25-24(16)26(29-30(25)4)35-14-23(32)31-15-27(7-5-6-8-27)20-13-22-21(33-9-10-34-22)12-19(20)18(31)3/h11-13,18H,5-10,14-15H2,1-4H3. The van der Waals surface area contributed by atoms with Gasteiger partial charge in [-0.15, -0.1) is 5.10 Å². The highest BCUT2D eigenvalue weighted by atomic mass is 16.6. The normalized spacial score (nSPS) is 20.3. The molecule has 0 bridgehead atoms. The van der Waals surface area contributed by atoms with Gasteiger partial charge in [0.25, 0.3) is 5.91 Å². The van der Waals surface area contributed by atoms with Crippen LogP contribution in [0.5, 0.6) is 17.4 Å². The van der Waals surface area contributed by atoms with Crippen LogP contribution in [0.15, 0.2) is 18.2 Å². The third-order valence-corrected chi connectivity index (χ3v) is 7.98. The number of pyridine rings is 1. The van der Waals surface area contributed by atoms with E-state index in [0.29, 0.717) is 25.6 Å². The van der Waals surface area contributed by atoms with Gasteiger partial charge in [-0.25, -0.2) is 9.67 Å². The summed E-state index contributed by atoms with van der Waals surface area (Å²) in [6, 6.07) is 6.22. The van der Waals surface area contributed by atoms with Crippen molar-refractivity contribution in [2.45, 2.75) is 57.9 Å². The zero-order chi connectivity index (χ0) is 24.3. The van der Waals surface area contributed by atoms with Gasteiger partial charge in [0, 0.05) is 24.7 Å². The van der Waals surface area contributed by atoms with E-state index < -0.39 is 0 Å². The van der Waals surface area contributed by atoms with E-state index in [-0.39, 0.29) is 24.0 Å². The number of nitrogens with zero attached hydrogens (tertiary/aromatic N) is 4. The Hall–Kier alpha value is -3.29. The minimum atomic E-state index is -0.0744. The molecule has 3 aromatic rings. The van der Waals surface area contributed by atoms with Gasteiger partial charge in [-0.1, -0.05) is 12.8 Å². The van der Waals surface area contributed by atoms with Crippen molar-refractivity contribution >= 4 is 16.9 Å². The molecule has 1 aromatic carbocycles. The van der Waals surface area contributed by atoms with Crippen LogP contribution >= 0.6 is 0 Å². The Morgan fingerprint density at radius 2 is 1.86 bits per heavy atom. The van der Waals surface area contributed by atoms with Crippen LogP contribution in [0.3, 0.4) is 0 Å². The average molecular weight is 477 g/mol. The first-order valence-corrected chi connectivity index (χ1v) is 12.5. The monoisotopic (exact) mass is 476 g/mol. The second-order valence-corrected chi connectivity index (χ2v) is 10.3. The van der Waals surface area contributed by atoms with Crippen LogP contribution in [0, 0.1) is 13.8 Å². The maximum atomic E-state index is 13.6. The SMILES string of the molecule is Cc1cc(C)c2c(OCC(=O)N3CC4(CCCC4)c4cc5c(cc4C3C)OCCO5)nn(C)c2n1. The fourth-order valence-corrected chi connectivity index (χ4v) is 6.27. The first kappa shape index (κ1) is 22.2. The van der Waals surface area contributed by atoms with E-state index in [4.69, 9.17) is 14.2 Å². The number of aromatic nitrogens is 3. The summed E-state index contributed by atoms with van der Waals surface area (Å²) in [7, 11) is 1.85. The van der Waals surface area contributed by atoms with Gasteiger partial charge in [-0.2, -0.15) is 0 Å². The molecule has 1 saturated carbocycles. The molecule has 1 atom stereocenters. The lowest BCUT2D eigenvalue weighted by molar-refractivity contribution is -0.137. The van der Waals surface area contributed by atoms with Crippen molar-refractivity contribution < 1.29 is 19.0 Å². The van der Waals surface area contributed by atoms with Gasteiger partial charge in [0.2, 0.25) is 5.88 Å². The quantitative estimate of drug-likeness (QED) is 0.565. The number of carbonyl (C=O) groups is 1. The van der Waals surface area contributed by atoms with Crippen LogP contribution in [0.2, 0.25) is 0 Å². The number of carbonyl (C=O) groups excluding carboxylic acids is 1. The highest BCUT2D eigenvalue weighted by Crippen LogP contribution is 2.51. The lowest BCUT2D eigenvalue weighted by atomic mass is 9.71. The van der Waals surface area contributed by atoms with Crippen LogP contribution in [-0.2, 0) is 17.3 Å². The number of rotatable bonds is 3. The Kier molecular flexibility index (Phi) is 5.16. The molecule has 1 unspecified atom stereocenters. The van der Waals surface area contributed by atoms with Gasteiger partial charge in [-0.3, -0.25) is 4.79 Å². The molecular formula is C27H32N4O4. The third kappa shape index (κ3) is 3.53. The van der Waals surface area contributed by atoms with E-state index in [2.05, 4.69) is 29.1 Å². The van der Waals surface area contributed by atoms with E-state index in [1.54, 1.807) is 4.68 Å². The fraction of sp³-hybridized carbons (Fsp3) is 0.519. The third-order valence-electron chi connectivity index (χ3n) is 7.98. The molecule has 1 aliphatic carbocycles. The summed E-state index contributed by atoms with van der Waals surface area (Å²) in [6.45, 7) is 7.85. The Labute approximate surface area is 205 Å². The first-order chi connectivity index (χ1) is 16.9. The van der Waals surface area contributed by atoms with Crippen molar-refractivity contribution in [3.63, 3.8) is 0 Å². The number of ether oxygens (including phenoxy) is 3. The summed E-state index contributed by atoms with van der Waals surface area (Å²) < 4.78 is 19.5. The van der Waals surface area contributed by atoms with E-state index >= 15 is 0 Å². The average Bonchev–Trinajstić information content (AvgIpc) is 3.44. The zero-order valence-electron chi connectivity index (χ0n) is 20.9. The van der Waals surface area contributed by atoms with Gasteiger partial charge in [-0.05, 0) is 68.5 Å². The maximum Gasteiger partial charge on any atom is 0.261 e. The zero-order valence-corrected chi connectivity index (χ0v) is 20.9. The predicted octanol–water partition coefficient (Wildman–Crippen LogP) is 4.15. The fourth-order valence-electron chi connectivity index (χ4n) is 6.27. The molecule has 1 spiro atoms. The molecule has 3 aliphatic rings. The number of fused-ring (bicyclic) bond motifs is 4. The summed E-state index contributed by atoms with van der Waals surface area (Å²) in [5.41, 5.74) is 5.18.